The van der Waals surface area contributed by atoms with Gasteiger partial charge in [0, 0.05) is 18.8 Å². The Balaban J connectivity index is 2.11. The van der Waals surface area contributed by atoms with Crippen LogP contribution in [0.3, 0.4) is 0 Å². The fourth-order valence-corrected chi connectivity index (χ4v) is 3.55. The largest absolute Gasteiger partial charge is 0.550 e. The lowest BCUT2D eigenvalue weighted by Crippen LogP contribution is -2.50. The van der Waals surface area contributed by atoms with Crippen LogP contribution in [0.5, 0.6) is 0 Å². The molecule has 0 radical (unpaired) electrons. The third-order valence-electron chi connectivity index (χ3n) is 4.93. The zero-order valence-corrected chi connectivity index (χ0v) is 18.5. The topological polar surface area (TPSA) is 69.2 Å². The number of carbonyl (C=O) groups is 2. The minimum absolute atomic E-state index is 0.119. The van der Waals surface area contributed by atoms with Crippen molar-refractivity contribution in [2.45, 2.75) is 70.3 Å². The Morgan fingerprint density at radius 2 is 1.60 bits per heavy atom. The molecule has 0 heterocycles. The summed E-state index contributed by atoms with van der Waals surface area (Å²) < 4.78 is 27.3. The number of likely N-dealkylation sites (N-methyl/N-ethyl adjacent to an activating group) is 1. The number of benzene rings is 1. The van der Waals surface area contributed by atoms with Crippen molar-refractivity contribution < 1.29 is 28.0 Å². The molecule has 0 aliphatic rings. The number of aryl methyl sites for hydroxylation is 1. The number of halogens is 2. The zero-order chi connectivity index (χ0) is 22.6. The summed E-state index contributed by atoms with van der Waals surface area (Å²) in [6, 6.07) is 3.87. The normalized spacial score (nSPS) is 12.6. The summed E-state index contributed by atoms with van der Waals surface area (Å²) in [5.74, 6) is -2.81. The first-order chi connectivity index (χ1) is 14.1. The molecule has 1 rings (SSSR count). The maximum absolute atomic E-state index is 13.6. The van der Waals surface area contributed by atoms with Gasteiger partial charge in [-0.3, -0.25) is 4.79 Å². The van der Waals surface area contributed by atoms with Crippen molar-refractivity contribution in [1.82, 2.24) is 5.32 Å². The summed E-state index contributed by atoms with van der Waals surface area (Å²) >= 11 is 0. The molecule has 0 aliphatic carbocycles. The van der Waals surface area contributed by atoms with E-state index in [4.69, 9.17) is 0 Å². The molecule has 1 atom stereocenters. The molecule has 170 valence electrons. The number of carboxylic acid groups (broad SMARTS) is 1. The van der Waals surface area contributed by atoms with E-state index in [0.717, 1.165) is 51.0 Å². The molecular formula is C23H36F2N2O3. The molecule has 0 aromatic heterocycles. The maximum atomic E-state index is 13.6. The van der Waals surface area contributed by atoms with Gasteiger partial charge in [0.25, 0.3) is 0 Å². The highest BCUT2D eigenvalue weighted by molar-refractivity contribution is 5.77. The van der Waals surface area contributed by atoms with Gasteiger partial charge < -0.3 is 19.7 Å². The van der Waals surface area contributed by atoms with Crippen LogP contribution in [0.1, 0.15) is 63.4 Å². The third kappa shape index (κ3) is 11.9. The predicted octanol–water partition coefficient (Wildman–Crippen LogP) is 2.96. The fraction of sp³-hybridized carbons (Fsp3) is 0.652. The van der Waals surface area contributed by atoms with E-state index in [0.29, 0.717) is 29.4 Å². The molecule has 0 aliphatic heterocycles. The van der Waals surface area contributed by atoms with E-state index >= 15 is 0 Å². The Labute approximate surface area is 179 Å². The quantitative estimate of drug-likeness (QED) is 0.346. The first-order valence-electron chi connectivity index (χ1n) is 10.8. The summed E-state index contributed by atoms with van der Waals surface area (Å²) in [6.07, 6.45) is 7.34. The number of nitrogens with zero attached hydrogens (tertiary/aromatic N) is 1. The molecule has 0 fully saturated rings. The second kappa shape index (κ2) is 13.3. The number of quaternary nitrogens is 1. The van der Waals surface area contributed by atoms with Crippen LogP contribution in [0.15, 0.2) is 18.2 Å². The van der Waals surface area contributed by atoms with Crippen LogP contribution in [0.2, 0.25) is 0 Å². The molecule has 7 heteroatoms. The molecule has 1 N–H and O–H groups in total. The number of carboxylic acids is 1. The molecule has 0 saturated carbocycles. The van der Waals surface area contributed by atoms with Crippen LogP contribution in [-0.4, -0.2) is 50.1 Å². The Morgan fingerprint density at radius 3 is 2.20 bits per heavy atom. The van der Waals surface area contributed by atoms with Gasteiger partial charge in [-0.1, -0.05) is 44.2 Å². The van der Waals surface area contributed by atoms with Gasteiger partial charge in [0.2, 0.25) is 5.91 Å². The summed E-state index contributed by atoms with van der Waals surface area (Å²) in [5.41, 5.74) is 0.434. The van der Waals surface area contributed by atoms with Crippen LogP contribution >= 0.6 is 0 Å². The van der Waals surface area contributed by atoms with E-state index in [-0.39, 0.29) is 12.3 Å². The molecule has 1 aromatic carbocycles. The minimum atomic E-state index is -1.16. The first-order valence-corrected chi connectivity index (χ1v) is 10.8. The lowest BCUT2D eigenvalue weighted by Gasteiger charge is -2.30. The van der Waals surface area contributed by atoms with E-state index in [9.17, 15) is 23.5 Å². The zero-order valence-electron chi connectivity index (χ0n) is 18.5. The highest BCUT2D eigenvalue weighted by atomic mass is 19.2. The second-order valence-electron chi connectivity index (χ2n) is 9.00. The number of nitrogens with one attached hydrogen (secondary N) is 1. The van der Waals surface area contributed by atoms with Crippen molar-refractivity contribution in [2.24, 2.45) is 0 Å². The van der Waals surface area contributed by atoms with E-state index in [1.165, 1.54) is 6.07 Å². The van der Waals surface area contributed by atoms with Crippen LogP contribution in [0, 0.1) is 11.6 Å². The Morgan fingerprint density at radius 1 is 1.00 bits per heavy atom. The summed E-state index contributed by atoms with van der Waals surface area (Å²) in [4.78, 5) is 23.0. The minimum Gasteiger partial charge on any atom is -0.550 e. The number of unbranched alkanes of at least 4 members (excludes halogenated alkanes) is 6. The number of rotatable bonds is 15. The molecule has 0 bridgehead atoms. The number of carbonyl (C=O) groups excluding carboxylic acids is 2. The Hall–Kier alpha value is -2.02. The van der Waals surface area contributed by atoms with E-state index in [1.807, 2.05) is 21.1 Å². The second-order valence-corrected chi connectivity index (χ2v) is 9.00. The average Bonchev–Trinajstić information content (AvgIpc) is 2.61. The molecule has 1 amide bonds. The molecule has 0 saturated heterocycles. The monoisotopic (exact) mass is 426 g/mol. The highest BCUT2D eigenvalue weighted by Crippen LogP contribution is 2.16. The number of aliphatic carboxylic acids is 1. The molecule has 0 spiro atoms. The lowest BCUT2D eigenvalue weighted by atomic mass is 10.0. The summed E-state index contributed by atoms with van der Waals surface area (Å²) in [6.45, 7) is 0.527. The van der Waals surface area contributed by atoms with Crippen molar-refractivity contribution in [3.63, 3.8) is 0 Å². The van der Waals surface area contributed by atoms with Crippen molar-refractivity contribution in [1.29, 1.82) is 0 Å². The van der Waals surface area contributed by atoms with Crippen molar-refractivity contribution in [3.05, 3.63) is 35.4 Å². The number of hydrogen-bond acceptors (Lipinski definition) is 3. The third-order valence-corrected chi connectivity index (χ3v) is 4.93. The Kier molecular flexibility index (Phi) is 11.5. The molecule has 30 heavy (non-hydrogen) atoms. The molecular weight excluding hydrogens is 390 g/mol. The number of amides is 1. The van der Waals surface area contributed by atoms with Gasteiger partial charge in [-0.15, -0.1) is 0 Å². The van der Waals surface area contributed by atoms with Crippen molar-refractivity contribution in [3.8, 4) is 0 Å². The molecule has 5 nitrogen and oxygen atoms in total. The average molecular weight is 427 g/mol. The number of hydrogen-bond donors (Lipinski definition) is 1. The van der Waals surface area contributed by atoms with Gasteiger partial charge in [0.05, 0.1) is 33.7 Å². The van der Waals surface area contributed by atoms with Crippen LogP contribution < -0.4 is 10.4 Å². The first kappa shape index (κ1) is 26.0. The fourth-order valence-electron chi connectivity index (χ4n) is 3.55. The smallest absolute Gasteiger partial charge is 0.220 e. The van der Waals surface area contributed by atoms with Crippen LogP contribution in [-0.2, 0) is 16.0 Å². The van der Waals surface area contributed by atoms with Gasteiger partial charge in [-0.25, -0.2) is 8.78 Å². The standard InChI is InChI=1S/C23H36F2N2O3/c1-27(2,3)17-19(16-22(29)30)26-21(28)15-10-8-6-4-5-7-9-12-18-13-11-14-20(24)23(18)25/h11,13-14,19H,4-10,12,15-17H2,1-3H3,(H-,26,28,29,30)/t19-/m1/s1. The van der Waals surface area contributed by atoms with Gasteiger partial charge in [-0.05, 0) is 30.9 Å². The van der Waals surface area contributed by atoms with Gasteiger partial charge in [-0.2, -0.15) is 0 Å². The van der Waals surface area contributed by atoms with Crippen molar-refractivity contribution in [2.75, 3.05) is 27.7 Å². The molecule has 0 unspecified atom stereocenters. The van der Waals surface area contributed by atoms with E-state index < -0.39 is 23.6 Å². The van der Waals surface area contributed by atoms with E-state index in [2.05, 4.69) is 5.32 Å². The Bertz CT molecular complexity index is 675. The summed E-state index contributed by atoms with van der Waals surface area (Å²) in [5, 5.41) is 13.7. The predicted molar refractivity (Wildman–Crippen MR) is 111 cm³/mol. The SMILES string of the molecule is C[N+](C)(C)C[C@@H](CC(=O)[O-])NC(=O)CCCCCCCCCc1cccc(F)c1F. The van der Waals surface area contributed by atoms with E-state index in [1.54, 1.807) is 6.07 Å². The van der Waals surface area contributed by atoms with Crippen molar-refractivity contribution >= 4 is 11.9 Å². The van der Waals surface area contributed by atoms with Gasteiger partial charge in [0.15, 0.2) is 11.6 Å². The van der Waals surface area contributed by atoms with Crippen LogP contribution in [0.4, 0.5) is 8.78 Å². The lowest BCUT2D eigenvalue weighted by molar-refractivity contribution is -0.871. The van der Waals surface area contributed by atoms with Gasteiger partial charge in [0.1, 0.15) is 0 Å². The maximum Gasteiger partial charge on any atom is 0.220 e. The van der Waals surface area contributed by atoms with Gasteiger partial charge >= 0.3 is 0 Å². The molecule has 1 aromatic rings. The van der Waals surface area contributed by atoms with Crippen LogP contribution in [0.25, 0.3) is 0 Å². The summed E-state index contributed by atoms with van der Waals surface area (Å²) in [7, 11) is 5.84. The highest BCUT2D eigenvalue weighted by Gasteiger charge is 2.20.